The molecule has 1 fully saturated rings. The average Bonchev–Trinajstić information content (AvgIpc) is 3.49. The summed E-state index contributed by atoms with van der Waals surface area (Å²) >= 11 is 1.50. The van der Waals surface area contributed by atoms with Gasteiger partial charge in [0.15, 0.2) is 11.5 Å². The van der Waals surface area contributed by atoms with Crippen LogP contribution in [0.2, 0.25) is 0 Å². The predicted molar refractivity (Wildman–Crippen MR) is 138 cm³/mol. The normalized spacial score (nSPS) is 17.0. The Balaban J connectivity index is 1.79. The molecular formula is C28H29NO6S. The second-order valence-corrected chi connectivity index (χ2v) is 9.88. The lowest BCUT2D eigenvalue weighted by Crippen LogP contribution is -2.28. The summed E-state index contributed by atoms with van der Waals surface area (Å²) in [6.07, 6.45) is 0. The molecule has 1 aliphatic rings. The first kappa shape index (κ1) is 25.3. The van der Waals surface area contributed by atoms with E-state index < -0.39 is 17.7 Å². The molecule has 0 radical (unpaired) electrons. The second-order valence-electron chi connectivity index (χ2n) is 8.85. The van der Waals surface area contributed by atoms with Crippen molar-refractivity contribution in [1.82, 2.24) is 4.90 Å². The Labute approximate surface area is 214 Å². The summed E-state index contributed by atoms with van der Waals surface area (Å²) < 4.78 is 16.5. The SMILES string of the molecule is COc1ccc(C2/C(=C(/O)c3ccc(OCC(C)C)cc3)C(=O)C(=O)N2Cc2cccs2)cc1OC. The van der Waals surface area contributed by atoms with Crippen molar-refractivity contribution in [3.63, 3.8) is 0 Å². The van der Waals surface area contributed by atoms with Crippen LogP contribution in [0.15, 0.2) is 65.6 Å². The van der Waals surface area contributed by atoms with Crippen molar-refractivity contribution in [1.29, 1.82) is 0 Å². The molecule has 3 aromatic rings. The van der Waals surface area contributed by atoms with Crippen molar-refractivity contribution < 1.29 is 28.9 Å². The molecular weight excluding hydrogens is 478 g/mol. The number of amides is 1. The predicted octanol–water partition coefficient (Wildman–Crippen LogP) is 5.42. The standard InChI is InChI=1S/C28H29NO6S/c1-17(2)16-35-20-10-7-18(8-11-20)26(30)24-25(19-9-12-22(33-3)23(14-19)34-4)29(28(32)27(24)31)15-21-6-5-13-36-21/h5-14,17,25,30H,15-16H2,1-4H3/b26-24-. The number of Topliss-reactive ketones (excluding diaryl/α,β-unsaturated/α-hetero) is 1. The summed E-state index contributed by atoms with van der Waals surface area (Å²) in [6.45, 7) is 4.92. The molecule has 188 valence electrons. The number of benzene rings is 2. The monoisotopic (exact) mass is 507 g/mol. The third-order valence-electron chi connectivity index (χ3n) is 5.88. The first-order chi connectivity index (χ1) is 17.3. The molecule has 1 aliphatic heterocycles. The van der Waals surface area contributed by atoms with Crippen molar-refractivity contribution in [2.75, 3.05) is 20.8 Å². The first-order valence-electron chi connectivity index (χ1n) is 11.6. The fraction of sp³-hybridized carbons (Fsp3) is 0.286. The summed E-state index contributed by atoms with van der Waals surface area (Å²) in [6, 6.07) is 15.1. The van der Waals surface area contributed by atoms with E-state index in [2.05, 4.69) is 13.8 Å². The van der Waals surface area contributed by atoms with Crippen LogP contribution in [-0.4, -0.2) is 42.5 Å². The highest BCUT2D eigenvalue weighted by atomic mass is 32.1. The number of hydrogen-bond acceptors (Lipinski definition) is 7. The van der Waals surface area contributed by atoms with Gasteiger partial charge in [0.1, 0.15) is 11.5 Å². The zero-order valence-electron chi connectivity index (χ0n) is 20.7. The van der Waals surface area contributed by atoms with Gasteiger partial charge in [-0.1, -0.05) is 26.0 Å². The van der Waals surface area contributed by atoms with Gasteiger partial charge in [-0.05, 0) is 59.3 Å². The Bertz CT molecular complexity index is 1260. The first-order valence-corrected chi connectivity index (χ1v) is 12.5. The van der Waals surface area contributed by atoms with Crippen molar-refractivity contribution in [2.24, 2.45) is 5.92 Å². The van der Waals surface area contributed by atoms with Crippen LogP contribution in [0.4, 0.5) is 0 Å². The number of carbonyl (C=O) groups is 2. The number of aliphatic hydroxyl groups excluding tert-OH is 1. The minimum Gasteiger partial charge on any atom is -0.507 e. The fourth-order valence-corrected chi connectivity index (χ4v) is 4.81. The Morgan fingerprint density at radius 3 is 2.36 bits per heavy atom. The number of methoxy groups -OCH3 is 2. The fourth-order valence-electron chi connectivity index (χ4n) is 4.11. The number of nitrogens with zero attached hydrogens (tertiary/aromatic N) is 1. The van der Waals surface area contributed by atoms with Gasteiger partial charge < -0.3 is 24.2 Å². The molecule has 1 aromatic heterocycles. The van der Waals surface area contributed by atoms with E-state index in [1.165, 1.54) is 30.5 Å². The van der Waals surface area contributed by atoms with Crippen LogP contribution in [0.5, 0.6) is 17.2 Å². The van der Waals surface area contributed by atoms with E-state index in [9.17, 15) is 14.7 Å². The van der Waals surface area contributed by atoms with E-state index in [4.69, 9.17) is 14.2 Å². The van der Waals surface area contributed by atoms with Crippen LogP contribution in [0, 0.1) is 5.92 Å². The molecule has 1 unspecified atom stereocenters. The maximum Gasteiger partial charge on any atom is 0.295 e. The summed E-state index contributed by atoms with van der Waals surface area (Å²) in [5.41, 5.74) is 1.08. The zero-order chi connectivity index (χ0) is 25.8. The lowest BCUT2D eigenvalue weighted by atomic mass is 9.95. The van der Waals surface area contributed by atoms with E-state index >= 15 is 0 Å². The van der Waals surface area contributed by atoms with Crippen LogP contribution in [0.25, 0.3) is 5.76 Å². The number of likely N-dealkylation sites (tertiary alicyclic amines) is 1. The highest BCUT2D eigenvalue weighted by Crippen LogP contribution is 2.43. The van der Waals surface area contributed by atoms with E-state index in [0.717, 1.165) is 4.88 Å². The third-order valence-corrected chi connectivity index (χ3v) is 6.74. The number of carbonyl (C=O) groups excluding carboxylic acids is 2. The maximum atomic E-state index is 13.3. The quantitative estimate of drug-likeness (QED) is 0.236. The molecule has 36 heavy (non-hydrogen) atoms. The van der Waals surface area contributed by atoms with Crippen molar-refractivity contribution in [2.45, 2.75) is 26.4 Å². The lowest BCUT2D eigenvalue weighted by molar-refractivity contribution is -0.140. The van der Waals surface area contributed by atoms with Gasteiger partial charge in [0.2, 0.25) is 0 Å². The molecule has 0 aliphatic carbocycles. The molecule has 1 saturated heterocycles. The van der Waals surface area contributed by atoms with Gasteiger partial charge in [0.25, 0.3) is 11.7 Å². The van der Waals surface area contributed by atoms with Gasteiger partial charge in [-0.15, -0.1) is 11.3 Å². The van der Waals surface area contributed by atoms with E-state index in [1.54, 1.807) is 42.5 Å². The number of hydrogen-bond donors (Lipinski definition) is 1. The van der Waals surface area contributed by atoms with Crippen molar-refractivity contribution in [3.8, 4) is 17.2 Å². The van der Waals surface area contributed by atoms with Crippen LogP contribution < -0.4 is 14.2 Å². The molecule has 7 nitrogen and oxygen atoms in total. The van der Waals surface area contributed by atoms with E-state index in [0.29, 0.717) is 40.9 Å². The minimum absolute atomic E-state index is 0.0274. The number of ketones is 1. The summed E-state index contributed by atoms with van der Waals surface area (Å²) in [5.74, 6) is 0.383. The summed E-state index contributed by atoms with van der Waals surface area (Å²) in [5, 5.41) is 13.2. The molecule has 1 N–H and O–H groups in total. The summed E-state index contributed by atoms with van der Waals surface area (Å²) in [4.78, 5) is 28.9. The Hall–Kier alpha value is -3.78. The van der Waals surface area contributed by atoms with Gasteiger partial charge in [0.05, 0.1) is 39.0 Å². The Morgan fingerprint density at radius 1 is 1.03 bits per heavy atom. The molecule has 8 heteroatoms. The molecule has 2 aromatic carbocycles. The van der Waals surface area contributed by atoms with E-state index in [1.807, 2.05) is 17.5 Å². The van der Waals surface area contributed by atoms with Crippen molar-refractivity contribution in [3.05, 3.63) is 81.6 Å². The Morgan fingerprint density at radius 2 is 1.75 bits per heavy atom. The van der Waals surface area contributed by atoms with Crippen LogP contribution in [-0.2, 0) is 16.1 Å². The number of aliphatic hydroxyl groups is 1. The number of ether oxygens (including phenoxy) is 3. The third kappa shape index (κ3) is 5.09. The second kappa shape index (κ2) is 10.9. The van der Waals surface area contributed by atoms with Gasteiger partial charge in [0, 0.05) is 10.4 Å². The van der Waals surface area contributed by atoms with Gasteiger partial charge >= 0.3 is 0 Å². The molecule has 1 amide bonds. The van der Waals surface area contributed by atoms with Crippen LogP contribution >= 0.6 is 11.3 Å². The maximum absolute atomic E-state index is 13.3. The Kier molecular flexibility index (Phi) is 7.64. The van der Waals surface area contributed by atoms with Gasteiger partial charge in [-0.2, -0.15) is 0 Å². The minimum atomic E-state index is -0.802. The smallest absolute Gasteiger partial charge is 0.295 e. The number of rotatable bonds is 9. The molecule has 4 rings (SSSR count). The molecule has 1 atom stereocenters. The molecule has 0 bridgehead atoms. The van der Waals surface area contributed by atoms with Gasteiger partial charge in [-0.25, -0.2) is 0 Å². The van der Waals surface area contributed by atoms with Crippen LogP contribution in [0.1, 0.15) is 35.9 Å². The van der Waals surface area contributed by atoms with Crippen molar-refractivity contribution >= 4 is 28.8 Å². The zero-order valence-corrected chi connectivity index (χ0v) is 21.5. The highest BCUT2D eigenvalue weighted by molar-refractivity contribution is 7.09. The largest absolute Gasteiger partial charge is 0.507 e. The lowest BCUT2D eigenvalue weighted by Gasteiger charge is -2.25. The topological polar surface area (TPSA) is 85.3 Å². The summed E-state index contributed by atoms with van der Waals surface area (Å²) in [7, 11) is 3.06. The number of thiophene rings is 1. The highest BCUT2D eigenvalue weighted by Gasteiger charge is 2.46. The average molecular weight is 508 g/mol. The van der Waals surface area contributed by atoms with Gasteiger partial charge in [-0.3, -0.25) is 9.59 Å². The molecule has 2 heterocycles. The van der Waals surface area contributed by atoms with Crippen LogP contribution in [0.3, 0.4) is 0 Å². The molecule has 0 spiro atoms. The molecule has 0 saturated carbocycles. The van der Waals surface area contributed by atoms with E-state index in [-0.39, 0.29) is 17.9 Å².